The molecule has 5 N–H and O–H groups in total. The molecule has 2 aliphatic heterocycles. The zero-order valence-corrected chi connectivity index (χ0v) is 22.9. The van der Waals surface area contributed by atoms with Crippen LogP contribution in [0.25, 0.3) is 0 Å². The van der Waals surface area contributed by atoms with Crippen LogP contribution in [0.15, 0.2) is 24.3 Å². The second-order valence-corrected chi connectivity index (χ2v) is 11.3. The fourth-order valence-corrected chi connectivity index (χ4v) is 5.33. The van der Waals surface area contributed by atoms with E-state index in [0.29, 0.717) is 6.42 Å². The fourth-order valence-electron chi connectivity index (χ4n) is 4.38. The molecule has 1 fully saturated rings. The number of epoxide rings is 1. The number of phosphoric acid groups is 1. The number of allylic oxidation sites excluding steroid dienone is 2. The number of aliphatic hydroxyl groups is 2. The Morgan fingerprint density at radius 2 is 1.68 bits per heavy atom. The summed E-state index contributed by atoms with van der Waals surface area (Å²) in [5.41, 5.74) is 5.34. The van der Waals surface area contributed by atoms with E-state index in [4.69, 9.17) is 24.3 Å². The number of fused-ring (bicyclic) bond motifs is 1. The van der Waals surface area contributed by atoms with Crippen molar-refractivity contribution in [2.75, 3.05) is 13.2 Å². The molecular weight excluding hydrogens is 501 g/mol. The molecule has 2 rings (SSSR count). The molecular formula is C26H46NO9P. The number of cyclic esters (lactones) is 1. The first-order chi connectivity index (χ1) is 17.7. The molecule has 214 valence electrons. The average Bonchev–Trinajstić information content (AvgIpc) is 3.64. The predicted octanol–water partition coefficient (Wildman–Crippen LogP) is 3.68. The van der Waals surface area contributed by atoms with E-state index in [0.717, 1.165) is 57.8 Å². The Bertz CT molecular complexity index is 762. The van der Waals surface area contributed by atoms with Crippen LogP contribution in [0.3, 0.4) is 0 Å². The first-order valence-corrected chi connectivity index (χ1v) is 15.1. The number of phosphoric ester groups is 1. The summed E-state index contributed by atoms with van der Waals surface area (Å²) in [4.78, 5) is 22.2. The van der Waals surface area contributed by atoms with Gasteiger partial charge in [-0.25, -0.2) is 9.36 Å². The summed E-state index contributed by atoms with van der Waals surface area (Å²) < 4.78 is 33.4. The van der Waals surface area contributed by atoms with E-state index in [9.17, 15) is 24.5 Å². The van der Waals surface area contributed by atoms with Crippen LogP contribution < -0.4 is 5.73 Å². The van der Waals surface area contributed by atoms with E-state index in [1.807, 2.05) is 6.92 Å². The summed E-state index contributed by atoms with van der Waals surface area (Å²) in [7, 11) is -4.45. The van der Waals surface area contributed by atoms with E-state index in [1.165, 1.54) is 18.6 Å². The fraction of sp³-hybridized carbons (Fsp3) is 0.808. The monoisotopic (exact) mass is 547 g/mol. The molecule has 0 amide bonds. The third-order valence-electron chi connectivity index (χ3n) is 6.51. The van der Waals surface area contributed by atoms with E-state index in [1.54, 1.807) is 0 Å². The quantitative estimate of drug-likeness (QED) is 0.173. The van der Waals surface area contributed by atoms with Crippen molar-refractivity contribution >= 4 is 13.8 Å². The zero-order chi connectivity index (χ0) is 27.1. The molecule has 0 saturated carbocycles. The standard InChI is InChI=1S/C26H46NO9P/c1-20-14-11-9-7-5-3-2-4-6-8-10-12-15-21(28)24(30)26-25(35-26)22(16-13-17-23(29)34-20)36-37(31,32)33-19-18-27/h5,7,13,17,20-22,24-26,28,30H,2-4,6,8-12,14-16,18-19,27H2,1H3,(H,31,32)/b7-5+,17-13+/t20-,21-,22+,24+,25+,26-/m1/s1. The van der Waals surface area contributed by atoms with Crippen LogP contribution in [-0.2, 0) is 27.9 Å². The summed E-state index contributed by atoms with van der Waals surface area (Å²) in [5.74, 6) is -0.522. The lowest BCUT2D eigenvalue weighted by Gasteiger charge is -2.20. The lowest BCUT2D eigenvalue weighted by molar-refractivity contribution is -0.142. The van der Waals surface area contributed by atoms with Gasteiger partial charge in [-0.05, 0) is 51.9 Å². The van der Waals surface area contributed by atoms with Gasteiger partial charge in [0.05, 0.1) is 18.8 Å². The second-order valence-electron chi connectivity index (χ2n) is 9.84. The summed E-state index contributed by atoms with van der Waals surface area (Å²) in [6, 6.07) is 0. The highest BCUT2D eigenvalue weighted by molar-refractivity contribution is 7.47. The van der Waals surface area contributed by atoms with Gasteiger partial charge in [0.2, 0.25) is 0 Å². The van der Waals surface area contributed by atoms with Gasteiger partial charge in [0.1, 0.15) is 24.4 Å². The first-order valence-electron chi connectivity index (χ1n) is 13.6. The van der Waals surface area contributed by atoms with Crippen molar-refractivity contribution in [2.45, 2.75) is 121 Å². The number of hydrogen-bond acceptors (Lipinski definition) is 9. The predicted molar refractivity (Wildman–Crippen MR) is 140 cm³/mol. The van der Waals surface area contributed by atoms with Gasteiger partial charge < -0.3 is 30.3 Å². The minimum atomic E-state index is -4.45. The van der Waals surface area contributed by atoms with Gasteiger partial charge in [0.15, 0.2) is 0 Å². The Kier molecular flexibility index (Phi) is 15.2. The maximum absolute atomic E-state index is 12.3. The average molecular weight is 548 g/mol. The molecule has 11 heteroatoms. The molecule has 2 heterocycles. The van der Waals surface area contributed by atoms with Crippen LogP contribution in [0.4, 0.5) is 0 Å². The van der Waals surface area contributed by atoms with Crippen molar-refractivity contribution in [1.29, 1.82) is 0 Å². The Labute approximate surface area is 220 Å². The van der Waals surface area contributed by atoms with Crippen molar-refractivity contribution in [3.8, 4) is 0 Å². The van der Waals surface area contributed by atoms with Crippen LogP contribution in [-0.4, -0.2) is 70.9 Å². The summed E-state index contributed by atoms with van der Waals surface area (Å²) in [6.45, 7) is 1.70. The van der Waals surface area contributed by atoms with E-state index >= 15 is 0 Å². The van der Waals surface area contributed by atoms with Gasteiger partial charge in [0, 0.05) is 12.6 Å². The van der Waals surface area contributed by atoms with Crippen LogP contribution in [0.1, 0.15) is 84.0 Å². The number of nitrogens with two attached hydrogens (primary N) is 1. The Balaban J connectivity index is 2.02. The van der Waals surface area contributed by atoms with E-state index in [2.05, 4.69) is 12.2 Å². The lowest BCUT2D eigenvalue weighted by Crippen LogP contribution is -2.34. The maximum Gasteiger partial charge on any atom is 0.472 e. The molecule has 2 aliphatic rings. The molecule has 0 aromatic carbocycles. The second kappa shape index (κ2) is 17.5. The number of ether oxygens (including phenoxy) is 2. The van der Waals surface area contributed by atoms with Crippen molar-refractivity contribution in [1.82, 2.24) is 0 Å². The lowest BCUT2D eigenvalue weighted by atomic mass is 9.99. The van der Waals surface area contributed by atoms with Gasteiger partial charge in [-0.15, -0.1) is 0 Å². The third kappa shape index (κ3) is 13.5. The largest absolute Gasteiger partial charge is 0.472 e. The summed E-state index contributed by atoms with van der Waals surface area (Å²) >= 11 is 0. The van der Waals surface area contributed by atoms with Crippen LogP contribution in [0.5, 0.6) is 0 Å². The zero-order valence-electron chi connectivity index (χ0n) is 22.0. The van der Waals surface area contributed by atoms with Crippen molar-refractivity contribution in [3.63, 3.8) is 0 Å². The van der Waals surface area contributed by atoms with E-state index in [-0.39, 0.29) is 25.7 Å². The summed E-state index contributed by atoms with van der Waals surface area (Å²) in [6.07, 6.45) is 12.7. The van der Waals surface area contributed by atoms with Gasteiger partial charge >= 0.3 is 13.8 Å². The number of carbonyl (C=O) groups excluding carboxylic acids is 1. The number of hydrogen-bond donors (Lipinski definition) is 4. The minimum absolute atomic E-state index is 0.0340. The molecule has 1 saturated heterocycles. The van der Waals surface area contributed by atoms with Crippen molar-refractivity contribution in [2.24, 2.45) is 5.73 Å². The highest BCUT2D eigenvalue weighted by Gasteiger charge is 2.52. The number of esters is 1. The highest BCUT2D eigenvalue weighted by Crippen LogP contribution is 2.48. The normalized spacial score (nSPS) is 35.2. The molecule has 10 nitrogen and oxygen atoms in total. The van der Waals surface area contributed by atoms with Gasteiger partial charge in [-0.3, -0.25) is 9.05 Å². The maximum atomic E-state index is 12.3. The number of carbonyl (C=O) groups is 1. The van der Waals surface area contributed by atoms with Crippen LogP contribution >= 0.6 is 7.82 Å². The molecule has 0 aliphatic carbocycles. The molecule has 1 unspecified atom stereocenters. The molecule has 0 spiro atoms. The van der Waals surface area contributed by atoms with Gasteiger partial charge in [-0.2, -0.15) is 0 Å². The van der Waals surface area contributed by atoms with E-state index < -0.39 is 44.3 Å². The minimum Gasteiger partial charge on any atom is -0.460 e. The molecule has 0 aromatic heterocycles. The molecule has 0 aromatic rings. The first kappa shape index (κ1) is 32.1. The van der Waals surface area contributed by atoms with Gasteiger partial charge in [-0.1, -0.05) is 50.3 Å². The van der Waals surface area contributed by atoms with Crippen LogP contribution in [0.2, 0.25) is 0 Å². The van der Waals surface area contributed by atoms with Crippen molar-refractivity contribution in [3.05, 3.63) is 24.3 Å². The smallest absolute Gasteiger partial charge is 0.460 e. The summed E-state index contributed by atoms with van der Waals surface area (Å²) in [5, 5.41) is 21.0. The van der Waals surface area contributed by atoms with Gasteiger partial charge in [0.25, 0.3) is 0 Å². The third-order valence-corrected chi connectivity index (χ3v) is 7.55. The number of rotatable bonds is 5. The molecule has 7 atom stereocenters. The Morgan fingerprint density at radius 1 is 1.00 bits per heavy atom. The topological polar surface area (TPSA) is 161 Å². The molecule has 0 bridgehead atoms. The SMILES string of the molecule is C[C@@H]1CCC/C=C/CCCCCCCC[C@@H](O)[C@H](O)[C@H]2O[C@H]2[C@@H](OP(=O)(O)OCCN)C/C=C/C(=O)O1. The molecule has 0 radical (unpaired) electrons. The van der Waals surface area contributed by atoms with Crippen LogP contribution in [0, 0.1) is 0 Å². The molecule has 37 heavy (non-hydrogen) atoms. The van der Waals surface area contributed by atoms with Crippen molar-refractivity contribution < 1.29 is 43.0 Å². The Hall–Kier alpha value is -1.10. The Morgan fingerprint density at radius 3 is 2.41 bits per heavy atom. The number of aliphatic hydroxyl groups excluding tert-OH is 2. The highest BCUT2D eigenvalue weighted by atomic mass is 31.2.